The van der Waals surface area contributed by atoms with Crippen molar-refractivity contribution in [1.82, 2.24) is 9.88 Å². The van der Waals surface area contributed by atoms with Gasteiger partial charge in [-0.05, 0) is 43.2 Å². The number of pyridine rings is 1. The Morgan fingerprint density at radius 2 is 2.08 bits per heavy atom. The van der Waals surface area contributed by atoms with Crippen LogP contribution in [0.25, 0.3) is 0 Å². The van der Waals surface area contributed by atoms with E-state index in [9.17, 15) is 14.3 Å². The van der Waals surface area contributed by atoms with E-state index in [-0.39, 0.29) is 11.8 Å². The number of urea groups is 1. The van der Waals surface area contributed by atoms with Gasteiger partial charge < -0.3 is 20.1 Å². The molecule has 2 amide bonds. The van der Waals surface area contributed by atoms with Gasteiger partial charge in [-0.1, -0.05) is 0 Å². The van der Waals surface area contributed by atoms with Crippen LogP contribution < -0.4 is 10.1 Å². The molecule has 0 radical (unpaired) electrons. The number of hydrogen-bond acceptors (Lipinski definition) is 4. The summed E-state index contributed by atoms with van der Waals surface area (Å²) in [6, 6.07) is 8.65. The third kappa shape index (κ3) is 4.20. The Hall–Kier alpha value is -2.67. The molecule has 2 heterocycles. The Bertz CT molecular complexity index is 691. The second-order valence-corrected chi connectivity index (χ2v) is 5.61. The fourth-order valence-corrected chi connectivity index (χ4v) is 2.48. The van der Waals surface area contributed by atoms with Gasteiger partial charge in [-0.2, -0.15) is 0 Å². The van der Waals surface area contributed by atoms with E-state index >= 15 is 0 Å². The highest BCUT2D eigenvalue weighted by Gasteiger charge is 2.22. The minimum Gasteiger partial charge on any atom is -0.439 e. The standard InChI is InChI=1S/C17H18FN3O3/c18-12-3-6-15(7-4-12)24-16-8-5-13(10-19-16)20-17(23)21-9-1-2-14(22)11-21/h3-8,10,14,22H,1-2,9,11H2,(H,20,23)/t14-/m1/s1. The van der Waals surface area contributed by atoms with Gasteiger partial charge in [0.05, 0.1) is 18.0 Å². The smallest absolute Gasteiger partial charge is 0.321 e. The zero-order chi connectivity index (χ0) is 16.9. The van der Waals surface area contributed by atoms with Crippen LogP contribution >= 0.6 is 0 Å². The third-order valence-electron chi connectivity index (χ3n) is 3.71. The lowest BCUT2D eigenvalue weighted by atomic mass is 10.1. The van der Waals surface area contributed by atoms with E-state index in [1.165, 1.54) is 30.5 Å². The normalized spacial score (nSPS) is 17.4. The summed E-state index contributed by atoms with van der Waals surface area (Å²) < 4.78 is 18.3. The number of halogens is 1. The highest BCUT2D eigenvalue weighted by atomic mass is 19.1. The summed E-state index contributed by atoms with van der Waals surface area (Å²) in [7, 11) is 0. The number of ether oxygens (including phenoxy) is 1. The molecule has 1 aromatic carbocycles. The van der Waals surface area contributed by atoms with Crippen LogP contribution in [0.5, 0.6) is 11.6 Å². The summed E-state index contributed by atoms with van der Waals surface area (Å²) in [5.74, 6) is 0.479. The number of amides is 2. The first-order valence-electron chi connectivity index (χ1n) is 7.73. The van der Waals surface area contributed by atoms with Gasteiger partial charge in [0, 0.05) is 19.2 Å². The van der Waals surface area contributed by atoms with E-state index < -0.39 is 6.10 Å². The molecule has 126 valence electrons. The zero-order valence-corrected chi connectivity index (χ0v) is 13.0. The first-order valence-corrected chi connectivity index (χ1v) is 7.73. The average Bonchev–Trinajstić information content (AvgIpc) is 2.59. The number of benzene rings is 1. The summed E-state index contributed by atoms with van der Waals surface area (Å²) in [6.07, 6.45) is 2.53. The molecule has 1 fully saturated rings. The van der Waals surface area contributed by atoms with Gasteiger partial charge in [0.25, 0.3) is 0 Å². The number of aliphatic hydroxyl groups is 1. The number of piperidine rings is 1. The number of carbonyl (C=O) groups is 1. The molecule has 24 heavy (non-hydrogen) atoms. The number of aliphatic hydroxyl groups excluding tert-OH is 1. The minimum absolute atomic E-state index is 0.261. The van der Waals surface area contributed by atoms with Gasteiger partial charge in [0.15, 0.2) is 0 Å². The van der Waals surface area contributed by atoms with Gasteiger partial charge in [0.1, 0.15) is 11.6 Å². The van der Waals surface area contributed by atoms with Gasteiger partial charge >= 0.3 is 6.03 Å². The molecule has 1 aromatic heterocycles. The number of nitrogens with zero attached hydrogens (tertiary/aromatic N) is 2. The predicted octanol–water partition coefficient (Wildman–Crippen LogP) is 3.00. The van der Waals surface area contributed by atoms with E-state index in [0.717, 1.165) is 12.8 Å². The Morgan fingerprint density at radius 3 is 2.75 bits per heavy atom. The summed E-state index contributed by atoms with van der Waals surface area (Å²) in [6.45, 7) is 0.965. The van der Waals surface area contributed by atoms with E-state index in [2.05, 4.69) is 10.3 Å². The number of aromatic nitrogens is 1. The van der Waals surface area contributed by atoms with Crippen molar-refractivity contribution in [2.24, 2.45) is 0 Å². The molecule has 6 nitrogen and oxygen atoms in total. The Labute approximate surface area is 138 Å². The molecule has 3 rings (SSSR count). The monoisotopic (exact) mass is 331 g/mol. The molecule has 0 saturated carbocycles. The van der Waals surface area contributed by atoms with Crippen LogP contribution in [-0.4, -0.2) is 40.2 Å². The fraction of sp³-hybridized carbons (Fsp3) is 0.294. The molecule has 1 aliphatic heterocycles. The van der Waals surface area contributed by atoms with Crippen molar-refractivity contribution in [2.75, 3.05) is 18.4 Å². The van der Waals surface area contributed by atoms with Crippen LogP contribution in [0.4, 0.5) is 14.9 Å². The zero-order valence-electron chi connectivity index (χ0n) is 13.0. The lowest BCUT2D eigenvalue weighted by molar-refractivity contribution is 0.0883. The largest absolute Gasteiger partial charge is 0.439 e. The molecule has 2 N–H and O–H groups in total. The molecule has 0 unspecified atom stereocenters. The topological polar surface area (TPSA) is 74.7 Å². The maximum absolute atomic E-state index is 12.8. The number of anilines is 1. The second-order valence-electron chi connectivity index (χ2n) is 5.61. The Morgan fingerprint density at radius 1 is 1.29 bits per heavy atom. The van der Waals surface area contributed by atoms with Gasteiger partial charge in [-0.3, -0.25) is 0 Å². The van der Waals surface area contributed by atoms with Crippen LogP contribution in [0.2, 0.25) is 0 Å². The Balaban J connectivity index is 1.58. The van der Waals surface area contributed by atoms with Crippen LogP contribution in [-0.2, 0) is 0 Å². The van der Waals surface area contributed by atoms with Gasteiger partial charge in [-0.15, -0.1) is 0 Å². The van der Waals surface area contributed by atoms with Crippen LogP contribution in [0, 0.1) is 5.82 Å². The lowest BCUT2D eigenvalue weighted by Gasteiger charge is -2.30. The predicted molar refractivity (Wildman–Crippen MR) is 86.5 cm³/mol. The average molecular weight is 331 g/mol. The maximum atomic E-state index is 12.8. The Kier molecular flexibility index (Phi) is 4.90. The van der Waals surface area contributed by atoms with E-state index in [1.54, 1.807) is 17.0 Å². The fourth-order valence-electron chi connectivity index (χ4n) is 2.48. The quantitative estimate of drug-likeness (QED) is 0.907. The highest BCUT2D eigenvalue weighted by Crippen LogP contribution is 2.21. The summed E-state index contributed by atoms with van der Waals surface area (Å²) in [5, 5.41) is 12.4. The van der Waals surface area contributed by atoms with Gasteiger partial charge in [0.2, 0.25) is 5.88 Å². The van der Waals surface area contributed by atoms with E-state index in [1.807, 2.05) is 0 Å². The molecular formula is C17H18FN3O3. The molecule has 0 bridgehead atoms. The third-order valence-corrected chi connectivity index (χ3v) is 3.71. The van der Waals surface area contributed by atoms with Crippen molar-refractivity contribution in [1.29, 1.82) is 0 Å². The first kappa shape index (κ1) is 16.2. The van der Waals surface area contributed by atoms with Crippen LogP contribution in [0.3, 0.4) is 0 Å². The van der Waals surface area contributed by atoms with Crippen molar-refractivity contribution in [2.45, 2.75) is 18.9 Å². The molecule has 2 aromatic rings. The summed E-state index contributed by atoms with van der Waals surface area (Å²) in [4.78, 5) is 17.8. The number of β-amino-alcohol motifs (C(OH)–C–C–N with tert-alkyl or cyclic N) is 1. The number of rotatable bonds is 3. The SMILES string of the molecule is O=C(Nc1ccc(Oc2ccc(F)cc2)nc1)N1CCC[C@@H](O)C1. The number of nitrogens with one attached hydrogen (secondary N) is 1. The van der Waals surface area contributed by atoms with Crippen LogP contribution in [0.15, 0.2) is 42.6 Å². The van der Waals surface area contributed by atoms with Gasteiger partial charge in [-0.25, -0.2) is 14.2 Å². The van der Waals surface area contributed by atoms with Crippen molar-refractivity contribution in [3.63, 3.8) is 0 Å². The summed E-state index contributed by atoms with van der Waals surface area (Å²) in [5.41, 5.74) is 0.534. The van der Waals surface area contributed by atoms with Crippen molar-refractivity contribution >= 4 is 11.7 Å². The molecule has 1 atom stereocenters. The van der Waals surface area contributed by atoms with Crippen LogP contribution in [0.1, 0.15) is 12.8 Å². The van der Waals surface area contributed by atoms with Crippen molar-refractivity contribution in [3.8, 4) is 11.6 Å². The maximum Gasteiger partial charge on any atom is 0.321 e. The van der Waals surface area contributed by atoms with Crippen molar-refractivity contribution < 1.29 is 19.0 Å². The lowest BCUT2D eigenvalue weighted by Crippen LogP contribution is -2.44. The number of hydrogen-bond donors (Lipinski definition) is 2. The van der Waals surface area contributed by atoms with Crippen molar-refractivity contribution in [3.05, 3.63) is 48.4 Å². The summed E-state index contributed by atoms with van der Waals surface area (Å²) >= 11 is 0. The molecule has 0 aliphatic carbocycles. The highest BCUT2D eigenvalue weighted by molar-refractivity contribution is 5.89. The molecule has 0 spiro atoms. The second kappa shape index (κ2) is 7.27. The minimum atomic E-state index is -0.464. The molecule has 1 aliphatic rings. The number of likely N-dealkylation sites (tertiary alicyclic amines) is 1. The molecule has 1 saturated heterocycles. The van der Waals surface area contributed by atoms with E-state index in [4.69, 9.17) is 4.74 Å². The number of carbonyl (C=O) groups excluding carboxylic acids is 1. The molecule has 7 heteroatoms. The molecular weight excluding hydrogens is 313 g/mol. The first-order chi connectivity index (χ1) is 11.6. The van der Waals surface area contributed by atoms with E-state index in [0.29, 0.717) is 30.4 Å².